The summed E-state index contributed by atoms with van der Waals surface area (Å²) in [6.45, 7) is 0. The molecule has 0 atom stereocenters. The predicted molar refractivity (Wildman–Crippen MR) is 268 cm³/mol. The zero-order chi connectivity index (χ0) is 43.0. The van der Waals surface area contributed by atoms with Crippen LogP contribution < -0.4 is 0 Å². The normalized spacial score (nSPS) is 11.7. The Morgan fingerprint density at radius 1 is 0.400 bits per heavy atom. The van der Waals surface area contributed by atoms with Gasteiger partial charge in [-0.3, -0.25) is 0 Å². The Morgan fingerprint density at radius 3 is 1.82 bits per heavy atom. The summed E-state index contributed by atoms with van der Waals surface area (Å²) in [6.07, 6.45) is 0. The second kappa shape index (κ2) is 14.7. The third kappa shape index (κ3) is 5.82. The number of nitriles is 1. The second-order valence-corrected chi connectivity index (χ2v) is 17.3. The van der Waals surface area contributed by atoms with E-state index in [1.165, 1.54) is 20.2 Å². The number of aromatic nitrogens is 5. The van der Waals surface area contributed by atoms with Gasteiger partial charge in [-0.2, -0.15) is 5.26 Å². The molecule has 0 saturated carbocycles. The third-order valence-corrected chi connectivity index (χ3v) is 13.8. The van der Waals surface area contributed by atoms with Crippen molar-refractivity contribution in [3.8, 4) is 62.7 Å². The molecule has 0 amide bonds. The summed E-state index contributed by atoms with van der Waals surface area (Å²) < 4.78 is 7.33. The van der Waals surface area contributed by atoms with Crippen LogP contribution in [0.1, 0.15) is 5.56 Å². The molecule has 302 valence electrons. The Hall–Kier alpha value is -8.70. The Morgan fingerprint density at radius 2 is 1.02 bits per heavy atom. The lowest BCUT2D eigenvalue weighted by atomic mass is 10.0. The minimum Gasteiger partial charge on any atom is -0.308 e. The van der Waals surface area contributed by atoms with Gasteiger partial charge >= 0.3 is 0 Å². The molecule has 9 aromatic carbocycles. The van der Waals surface area contributed by atoms with Crippen LogP contribution >= 0.6 is 11.3 Å². The number of nitrogens with zero attached hydrogens (tertiary/aromatic N) is 6. The van der Waals surface area contributed by atoms with Crippen molar-refractivity contribution in [2.45, 2.75) is 0 Å². The first-order valence-corrected chi connectivity index (χ1v) is 22.4. The molecule has 0 N–H and O–H groups in total. The van der Waals surface area contributed by atoms with Crippen LogP contribution in [-0.4, -0.2) is 24.1 Å². The molecule has 0 saturated heterocycles. The number of thiophene rings is 1. The average Bonchev–Trinajstić information content (AvgIpc) is 4.04. The summed E-state index contributed by atoms with van der Waals surface area (Å²) in [6, 6.07) is 74.2. The highest BCUT2D eigenvalue weighted by Gasteiger charge is 2.25. The highest BCUT2D eigenvalue weighted by atomic mass is 32.1. The van der Waals surface area contributed by atoms with E-state index in [2.05, 4.69) is 149 Å². The van der Waals surface area contributed by atoms with E-state index in [1.54, 1.807) is 0 Å². The summed E-state index contributed by atoms with van der Waals surface area (Å²) in [7, 11) is 0. The van der Waals surface area contributed by atoms with Crippen LogP contribution in [0.5, 0.6) is 0 Å². The van der Waals surface area contributed by atoms with Crippen molar-refractivity contribution >= 4 is 75.1 Å². The van der Waals surface area contributed by atoms with Gasteiger partial charge in [0, 0.05) is 53.7 Å². The van der Waals surface area contributed by atoms with Gasteiger partial charge in [0.2, 0.25) is 0 Å². The Kier molecular flexibility index (Phi) is 8.35. The molecule has 7 heteroatoms. The Bertz CT molecular complexity index is 4080. The van der Waals surface area contributed by atoms with Crippen molar-refractivity contribution in [1.82, 2.24) is 24.1 Å². The Labute approximate surface area is 377 Å². The second-order valence-electron chi connectivity index (χ2n) is 16.3. The Balaban J connectivity index is 1.11. The average molecular weight is 847 g/mol. The number of rotatable bonds is 6. The first-order chi connectivity index (χ1) is 32.2. The van der Waals surface area contributed by atoms with Gasteiger partial charge in [-0.15, -0.1) is 11.3 Å². The van der Waals surface area contributed by atoms with E-state index in [1.807, 2.05) is 84.1 Å². The van der Waals surface area contributed by atoms with Gasteiger partial charge in [0.1, 0.15) is 0 Å². The fraction of sp³-hybridized carbons (Fsp3) is 0. The molecule has 0 bridgehead atoms. The standard InChI is InChI=1S/C58H34N6S/c59-35-36-29-31-49(46(33-36)58-61-56(38-17-5-2-6-18-38)60-57(62-58)40-20-13-19-39(34-40)37-15-3-1-4-16-37)64-47-25-10-7-21-41(47)43-30-32-50-53(54(43)64)45-23-8-11-26-48(45)63(50)51-27-14-24-44-42-22-9-12-28-52(42)65-55(44)51/h1-34H. The van der Waals surface area contributed by atoms with Crippen molar-refractivity contribution < 1.29 is 0 Å². The molecule has 13 aromatic rings. The number of hydrogen-bond acceptors (Lipinski definition) is 5. The molecule has 4 heterocycles. The zero-order valence-electron chi connectivity index (χ0n) is 34.7. The summed E-state index contributed by atoms with van der Waals surface area (Å²) in [5, 5.41) is 17.5. The van der Waals surface area contributed by atoms with Crippen LogP contribution in [0.25, 0.3) is 120 Å². The molecule has 0 unspecified atom stereocenters. The molecule has 0 fully saturated rings. The molecule has 0 aliphatic heterocycles. The smallest absolute Gasteiger partial charge is 0.166 e. The SMILES string of the molecule is N#Cc1ccc(-n2c3ccccc3c3ccc4c(c5ccccc5n4-c4cccc5c4sc4ccccc45)c32)c(-c2nc(-c3ccccc3)nc(-c3cccc(-c4ccccc4)c3)n2)c1. The maximum atomic E-state index is 10.5. The minimum atomic E-state index is 0.475. The van der Waals surface area contributed by atoms with Crippen LogP contribution in [-0.2, 0) is 0 Å². The first kappa shape index (κ1) is 36.9. The van der Waals surface area contributed by atoms with Crippen molar-refractivity contribution in [2.24, 2.45) is 0 Å². The maximum Gasteiger partial charge on any atom is 0.166 e. The molecule has 4 aromatic heterocycles. The van der Waals surface area contributed by atoms with Crippen LogP contribution in [0.2, 0.25) is 0 Å². The van der Waals surface area contributed by atoms with Gasteiger partial charge in [0.05, 0.1) is 49.8 Å². The summed E-state index contributed by atoms with van der Waals surface area (Å²) in [4.78, 5) is 15.7. The van der Waals surface area contributed by atoms with Crippen LogP contribution in [0.15, 0.2) is 206 Å². The van der Waals surface area contributed by atoms with E-state index < -0.39 is 0 Å². The lowest BCUT2D eigenvalue weighted by Gasteiger charge is -2.16. The number of benzene rings is 9. The molecule has 0 aliphatic carbocycles. The fourth-order valence-corrected chi connectivity index (χ4v) is 10.9. The molecule has 13 rings (SSSR count). The summed E-state index contributed by atoms with van der Waals surface area (Å²) in [5.41, 5.74) is 11.5. The van der Waals surface area contributed by atoms with Gasteiger partial charge in [-0.1, -0.05) is 152 Å². The predicted octanol–water partition coefficient (Wildman–Crippen LogP) is 15.0. The monoisotopic (exact) mass is 846 g/mol. The molecule has 6 nitrogen and oxygen atoms in total. The topological polar surface area (TPSA) is 72.3 Å². The fourth-order valence-electron chi connectivity index (χ4n) is 9.72. The first-order valence-electron chi connectivity index (χ1n) is 21.6. The van der Waals surface area contributed by atoms with Crippen LogP contribution in [0.4, 0.5) is 0 Å². The van der Waals surface area contributed by atoms with E-state index in [-0.39, 0.29) is 0 Å². The number of para-hydroxylation sites is 2. The number of hydrogen-bond donors (Lipinski definition) is 0. The molecular formula is C58H34N6S. The maximum absolute atomic E-state index is 10.5. The lowest BCUT2D eigenvalue weighted by Crippen LogP contribution is -2.04. The van der Waals surface area contributed by atoms with E-state index in [0.717, 1.165) is 82.8 Å². The van der Waals surface area contributed by atoms with Gasteiger partial charge in [-0.25, -0.2) is 15.0 Å². The van der Waals surface area contributed by atoms with Crippen LogP contribution in [0.3, 0.4) is 0 Å². The van der Waals surface area contributed by atoms with Crippen molar-refractivity contribution in [3.63, 3.8) is 0 Å². The zero-order valence-corrected chi connectivity index (χ0v) is 35.5. The minimum absolute atomic E-state index is 0.475. The van der Waals surface area contributed by atoms with Gasteiger partial charge < -0.3 is 9.13 Å². The molecular weight excluding hydrogens is 813 g/mol. The molecule has 0 radical (unpaired) electrons. The van der Waals surface area contributed by atoms with Crippen molar-refractivity contribution in [2.75, 3.05) is 0 Å². The van der Waals surface area contributed by atoms with Gasteiger partial charge in [0.25, 0.3) is 0 Å². The summed E-state index contributed by atoms with van der Waals surface area (Å²) in [5.74, 6) is 1.57. The van der Waals surface area contributed by atoms with E-state index in [9.17, 15) is 5.26 Å². The number of fused-ring (bicyclic) bond motifs is 10. The summed E-state index contributed by atoms with van der Waals surface area (Å²) >= 11 is 1.84. The highest BCUT2D eigenvalue weighted by Crippen LogP contribution is 2.46. The van der Waals surface area contributed by atoms with E-state index in [0.29, 0.717) is 23.0 Å². The molecule has 65 heavy (non-hydrogen) atoms. The van der Waals surface area contributed by atoms with Crippen molar-refractivity contribution in [1.29, 1.82) is 5.26 Å². The van der Waals surface area contributed by atoms with Crippen molar-refractivity contribution in [3.05, 3.63) is 212 Å². The van der Waals surface area contributed by atoms with Gasteiger partial charge in [0.15, 0.2) is 17.5 Å². The van der Waals surface area contributed by atoms with Gasteiger partial charge in [-0.05, 0) is 65.7 Å². The third-order valence-electron chi connectivity index (χ3n) is 12.6. The van der Waals surface area contributed by atoms with E-state index >= 15 is 0 Å². The quantitative estimate of drug-likeness (QED) is 0.167. The highest BCUT2D eigenvalue weighted by molar-refractivity contribution is 7.26. The largest absolute Gasteiger partial charge is 0.308 e. The van der Waals surface area contributed by atoms with E-state index in [4.69, 9.17) is 15.0 Å². The molecule has 0 spiro atoms. The lowest BCUT2D eigenvalue weighted by molar-refractivity contribution is 1.06. The van der Waals surface area contributed by atoms with Crippen LogP contribution in [0, 0.1) is 11.3 Å². The molecule has 0 aliphatic rings.